The van der Waals surface area contributed by atoms with Crippen LogP contribution < -0.4 is 5.73 Å². The van der Waals surface area contributed by atoms with Crippen LogP contribution in [0.3, 0.4) is 0 Å². The molecule has 0 aliphatic carbocycles. The van der Waals surface area contributed by atoms with Crippen LogP contribution in [0.4, 0.5) is 5.69 Å². The molecule has 0 saturated heterocycles. The van der Waals surface area contributed by atoms with Crippen molar-refractivity contribution in [1.82, 2.24) is 15.4 Å². The molecule has 2 aromatic rings. The van der Waals surface area contributed by atoms with Gasteiger partial charge in [-0.1, -0.05) is 0 Å². The molecule has 5 heteroatoms. The normalized spacial score (nSPS) is 10.3. The lowest BCUT2D eigenvalue weighted by atomic mass is 10.2. The fraction of sp³-hybridized carbons (Fsp3) is 0. The van der Waals surface area contributed by atoms with Gasteiger partial charge >= 0.3 is 0 Å². The molecule has 12 heavy (non-hydrogen) atoms. The van der Waals surface area contributed by atoms with Crippen LogP contribution in [0.1, 0.15) is 10.4 Å². The van der Waals surface area contributed by atoms with Crippen molar-refractivity contribution in [2.24, 2.45) is 0 Å². The van der Waals surface area contributed by atoms with Crippen molar-refractivity contribution in [2.75, 3.05) is 5.73 Å². The Kier molecular flexibility index (Phi) is 1.30. The van der Waals surface area contributed by atoms with Gasteiger partial charge in [-0.05, 0) is 12.1 Å². The molecule has 2 rings (SSSR count). The standard InChI is InChI=1S/C7H6N4O/c8-5-2-7-6(9-11-10-7)1-4(5)3-12/h1-3H,8H2,(H,9,10,11). The van der Waals surface area contributed by atoms with Gasteiger partial charge in [0.15, 0.2) is 6.29 Å². The van der Waals surface area contributed by atoms with Gasteiger partial charge in [-0.3, -0.25) is 4.79 Å². The molecule has 0 atom stereocenters. The molecule has 0 aliphatic heterocycles. The highest BCUT2D eigenvalue weighted by Crippen LogP contribution is 2.16. The van der Waals surface area contributed by atoms with Crippen molar-refractivity contribution in [3.63, 3.8) is 0 Å². The molecule has 0 saturated carbocycles. The lowest BCUT2D eigenvalue weighted by molar-refractivity contribution is 0.112. The summed E-state index contributed by atoms with van der Waals surface area (Å²) < 4.78 is 0. The Labute approximate surface area is 67.6 Å². The fourth-order valence-electron chi connectivity index (χ4n) is 1.02. The number of rotatable bonds is 1. The number of fused-ring (bicyclic) bond motifs is 1. The van der Waals surface area contributed by atoms with E-state index in [2.05, 4.69) is 15.4 Å². The average Bonchev–Trinajstić information content (AvgIpc) is 2.49. The number of hydrogen-bond acceptors (Lipinski definition) is 4. The summed E-state index contributed by atoms with van der Waals surface area (Å²) in [6, 6.07) is 3.21. The first kappa shape index (κ1) is 6.78. The van der Waals surface area contributed by atoms with Gasteiger partial charge in [-0.25, -0.2) is 0 Å². The Morgan fingerprint density at radius 3 is 2.67 bits per heavy atom. The van der Waals surface area contributed by atoms with E-state index in [0.29, 0.717) is 28.6 Å². The summed E-state index contributed by atoms with van der Waals surface area (Å²) in [4.78, 5) is 10.5. The van der Waals surface area contributed by atoms with Crippen molar-refractivity contribution in [3.8, 4) is 0 Å². The molecule has 1 aromatic carbocycles. The van der Waals surface area contributed by atoms with Crippen molar-refractivity contribution >= 4 is 23.0 Å². The number of hydrogen-bond donors (Lipinski definition) is 2. The van der Waals surface area contributed by atoms with E-state index in [1.54, 1.807) is 12.1 Å². The maximum absolute atomic E-state index is 10.5. The highest BCUT2D eigenvalue weighted by Gasteiger charge is 2.03. The first-order valence-corrected chi connectivity index (χ1v) is 3.36. The van der Waals surface area contributed by atoms with Gasteiger partial charge in [-0.15, -0.1) is 0 Å². The molecule has 5 nitrogen and oxygen atoms in total. The van der Waals surface area contributed by atoms with Gasteiger partial charge in [0, 0.05) is 11.3 Å². The van der Waals surface area contributed by atoms with Crippen LogP contribution in [-0.4, -0.2) is 21.7 Å². The molecule has 0 radical (unpaired) electrons. The summed E-state index contributed by atoms with van der Waals surface area (Å²) in [5.74, 6) is 0. The molecule has 1 heterocycles. The van der Waals surface area contributed by atoms with Crippen LogP contribution in [-0.2, 0) is 0 Å². The Bertz CT molecular complexity index is 434. The van der Waals surface area contributed by atoms with E-state index < -0.39 is 0 Å². The molecule has 0 bridgehead atoms. The van der Waals surface area contributed by atoms with Crippen molar-refractivity contribution < 1.29 is 4.79 Å². The van der Waals surface area contributed by atoms with Crippen LogP contribution in [0.15, 0.2) is 12.1 Å². The zero-order valence-electron chi connectivity index (χ0n) is 6.11. The smallest absolute Gasteiger partial charge is 0.152 e. The molecule has 0 aliphatic rings. The lowest BCUT2D eigenvalue weighted by Crippen LogP contribution is -1.92. The third-order valence-electron chi connectivity index (χ3n) is 1.65. The predicted molar refractivity (Wildman–Crippen MR) is 43.7 cm³/mol. The van der Waals surface area contributed by atoms with Crippen LogP contribution in [0.2, 0.25) is 0 Å². The highest BCUT2D eigenvalue weighted by molar-refractivity contribution is 5.91. The number of carbonyl (C=O) groups excluding carboxylic acids is 1. The maximum Gasteiger partial charge on any atom is 0.152 e. The second-order valence-electron chi connectivity index (χ2n) is 2.41. The van der Waals surface area contributed by atoms with Gasteiger partial charge in [0.1, 0.15) is 11.0 Å². The number of nitrogens with one attached hydrogen (secondary N) is 1. The highest BCUT2D eigenvalue weighted by atomic mass is 16.1. The van der Waals surface area contributed by atoms with E-state index in [1.165, 1.54) is 0 Å². The van der Waals surface area contributed by atoms with Crippen molar-refractivity contribution in [2.45, 2.75) is 0 Å². The SMILES string of the molecule is Nc1cc2n[nH]nc2cc1C=O. The minimum absolute atomic E-state index is 0.423. The molecule has 0 spiro atoms. The topological polar surface area (TPSA) is 84.7 Å². The summed E-state index contributed by atoms with van der Waals surface area (Å²) in [5, 5.41) is 10.1. The third kappa shape index (κ3) is 0.833. The van der Waals surface area contributed by atoms with Gasteiger partial charge < -0.3 is 5.73 Å². The molecular weight excluding hydrogens is 156 g/mol. The predicted octanol–water partition coefficient (Wildman–Crippen LogP) is 0.353. The Hall–Kier alpha value is -1.91. The average molecular weight is 162 g/mol. The van der Waals surface area contributed by atoms with Crippen molar-refractivity contribution in [3.05, 3.63) is 17.7 Å². The van der Waals surface area contributed by atoms with E-state index in [-0.39, 0.29) is 0 Å². The second kappa shape index (κ2) is 2.30. The van der Waals surface area contributed by atoms with Crippen molar-refractivity contribution in [1.29, 1.82) is 0 Å². The zero-order chi connectivity index (χ0) is 8.55. The largest absolute Gasteiger partial charge is 0.398 e. The van der Waals surface area contributed by atoms with Gasteiger partial charge in [-0.2, -0.15) is 15.4 Å². The summed E-state index contributed by atoms with van der Waals surface area (Å²) in [7, 11) is 0. The van der Waals surface area contributed by atoms with E-state index in [9.17, 15) is 4.79 Å². The number of aromatic nitrogens is 3. The number of aromatic amines is 1. The summed E-state index contributed by atoms with van der Waals surface area (Å²) in [5.41, 5.74) is 7.72. The third-order valence-corrected chi connectivity index (χ3v) is 1.65. The van der Waals surface area contributed by atoms with Gasteiger partial charge in [0.05, 0.1) is 0 Å². The van der Waals surface area contributed by atoms with E-state index in [4.69, 9.17) is 5.73 Å². The monoisotopic (exact) mass is 162 g/mol. The fourth-order valence-corrected chi connectivity index (χ4v) is 1.02. The van der Waals surface area contributed by atoms with Crippen LogP contribution in [0, 0.1) is 0 Å². The Morgan fingerprint density at radius 2 is 2.00 bits per heavy atom. The second-order valence-corrected chi connectivity index (χ2v) is 2.41. The molecule has 0 amide bonds. The maximum atomic E-state index is 10.5. The molecule has 1 aromatic heterocycles. The number of anilines is 1. The summed E-state index contributed by atoms with van der Waals surface area (Å²) in [6.07, 6.45) is 0.698. The number of nitrogen functional groups attached to an aromatic ring is 1. The first-order chi connectivity index (χ1) is 5.81. The number of H-pyrrole nitrogens is 1. The molecule has 0 fully saturated rings. The van der Waals surface area contributed by atoms with Crippen LogP contribution in [0.5, 0.6) is 0 Å². The summed E-state index contributed by atoms with van der Waals surface area (Å²) in [6.45, 7) is 0. The van der Waals surface area contributed by atoms with E-state index in [1.807, 2.05) is 0 Å². The number of nitrogens with two attached hydrogens (primary N) is 1. The van der Waals surface area contributed by atoms with Crippen LogP contribution in [0.25, 0.3) is 11.0 Å². The molecule has 3 N–H and O–H groups in total. The molecule has 0 unspecified atom stereocenters. The van der Waals surface area contributed by atoms with E-state index >= 15 is 0 Å². The minimum atomic E-state index is 0.423. The number of nitrogens with zero attached hydrogens (tertiary/aromatic N) is 2. The lowest BCUT2D eigenvalue weighted by Gasteiger charge is -1.95. The molecular formula is C7H6N4O. The molecule has 60 valence electrons. The van der Waals surface area contributed by atoms with Gasteiger partial charge in [0.2, 0.25) is 0 Å². The number of aldehydes is 1. The Balaban J connectivity index is 2.81. The van der Waals surface area contributed by atoms with Gasteiger partial charge in [0.25, 0.3) is 0 Å². The Morgan fingerprint density at radius 1 is 1.33 bits per heavy atom. The van der Waals surface area contributed by atoms with Crippen LogP contribution >= 0.6 is 0 Å². The quantitative estimate of drug-likeness (QED) is 0.468. The van der Waals surface area contributed by atoms with E-state index in [0.717, 1.165) is 0 Å². The number of carbonyl (C=O) groups is 1. The summed E-state index contributed by atoms with van der Waals surface area (Å²) >= 11 is 0. The minimum Gasteiger partial charge on any atom is -0.398 e. The number of benzene rings is 1. The zero-order valence-corrected chi connectivity index (χ0v) is 6.11. The first-order valence-electron chi connectivity index (χ1n) is 3.36.